The molecule has 0 aliphatic heterocycles. The number of hydrogen-bond donors (Lipinski definition) is 0. The second-order valence-corrected chi connectivity index (χ2v) is 17.2. The highest BCUT2D eigenvalue weighted by molar-refractivity contribution is 6.20. The predicted molar refractivity (Wildman–Crippen MR) is 276 cm³/mol. The van der Waals surface area contributed by atoms with Gasteiger partial charge in [0.1, 0.15) is 22.3 Å². The summed E-state index contributed by atoms with van der Waals surface area (Å²) in [6.07, 6.45) is 0. The smallest absolute Gasteiger partial charge is 0.145 e. The summed E-state index contributed by atoms with van der Waals surface area (Å²) < 4.78 is 15.9. The van der Waals surface area contributed by atoms with Gasteiger partial charge in [0.15, 0.2) is 0 Å². The first kappa shape index (κ1) is 36.6. The molecule has 0 N–H and O–H groups in total. The topological polar surface area (TPSA) is 34.5 Å². The van der Waals surface area contributed by atoms with Crippen molar-refractivity contribution in [1.29, 1.82) is 0 Å². The summed E-state index contributed by atoms with van der Waals surface area (Å²) in [6.45, 7) is 0. The molecule has 3 heterocycles. The summed E-state index contributed by atoms with van der Waals surface area (Å²) in [4.78, 5) is 2.43. The molecule has 0 bridgehead atoms. The fourth-order valence-electron chi connectivity index (χ4n) is 10.6. The average Bonchev–Trinajstić information content (AvgIpc) is 4.07. The van der Waals surface area contributed by atoms with Crippen molar-refractivity contribution in [3.05, 3.63) is 231 Å². The van der Waals surface area contributed by atoms with Crippen LogP contribution in [-0.2, 0) is 0 Å². The molecule has 0 fully saturated rings. The number of hydrogen-bond acceptors (Lipinski definition) is 3. The standard InChI is InChI=1S/C62H38N2O2/c1-2-18-44-41(15-1)38-57(48-20-4-3-19-47(44)48)63(42-33-31-39(32-34-42)45-25-14-26-52-51-23-7-11-29-58(51)65-61(45)52)56-36-35-46(62-60(56)53-24-8-12-30-59(53)66-62)40-16-13-17-43(37-40)64-54-27-9-5-21-49(54)50-22-6-10-28-55(50)64/h1-38H. The van der Waals surface area contributed by atoms with Crippen molar-refractivity contribution in [3.8, 4) is 27.9 Å². The summed E-state index contributed by atoms with van der Waals surface area (Å²) in [5.74, 6) is 0. The highest BCUT2D eigenvalue weighted by Crippen LogP contribution is 2.49. The largest absolute Gasteiger partial charge is 0.455 e. The zero-order chi connectivity index (χ0) is 43.3. The van der Waals surface area contributed by atoms with Gasteiger partial charge in [0, 0.05) is 54.8 Å². The molecule has 0 unspecified atom stereocenters. The third kappa shape index (κ3) is 5.45. The quantitative estimate of drug-likeness (QED) is 0.156. The lowest BCUT2D eigenvalue weighted by Crippen LogP contribution is -2.11. The molecule has 3 aromatic heterocycles. The van der Waals surface area contributed by atoms with E-state index in [2.05, 4.69) is 228 Å². The van der Waals surface area contributed by atoms with Crippen LogP contribution in [-0.4, -0.2) is 4.57 Å². The molecular weight excluding hydrogens is 805 g/mol. The Balaban J connectivity index is 1.00. The summed E-state index contributed by atoms with van der Waals surface area (Å²) in [7, 11) is 0. The van der Waals surface area contributed by atoms with E-state index in [0.29, 0.717) is 0 Å². The molecule has 0 radical (unpaired) electrons. The molecule has 0 saturated heterocycles. The lowest BCUT2D eigenvalue weighted by atomic mass is 9.96. The summed E-state index contributed by atoms with van der Waals surface area (Å²) in [5, 5.41) is 11.6. The third-order valence-corrected chi connectivity index (χ3v) is 13.6. The fraction of sp³-hybridized carbons (Fsp3) is 0. The number of para-hydroxylation sites is 5. The Kier molecular flexibility index (Phi) is 7.95. The van der Waals surface area contributed by atoms with Crippen LogP contribution in [0, 0.1) is 0 Å². The highest BCUT2D eigenvalue weighted by Gasteiger charge is 2.25. The van der Waals surface area contributed by atoms with Crippen molar-refractivity contribution in [2.24, 2.45) is 0 Å². The van der Waals surface area contributed by atoms with Crippen LogP contribution in [0.2, 0.25) is 0 Å². The number of aromatic nitrogens is 1. The molecule has 14 aromatic rings. The first-order valence-corrected chi connectivity index (χ1v) is 22.5. The number of anilines is 3. The molecule has 0 aliphatic rings. The van der Waals surface area contributed by atoms with E-state index in [0.717, 1.165) is 94.3 Å². The predicted octanol–water partition coefficient (Wildman–Crippen LogP) is 17.7. The number of rotatable bonds is 6. The van der Waals surface area contributed by atoms with Crippen molar-refractivity contribution in [2.45, 2.75) is 0 Å². The van der Waals surface area contributed by atoms with Gasteiger partial charge in [-0.1, -0.05) is 164 Å². The van der Waals surface area contributed by atoms with E-state index in [9.17, 15) is 0 Å². The molecule has 0 atom stereocenters. The van der Waals surface area contributed by atoms with E-state index in [1.165, 1.54) is 38.0 Å². The van der Waals surface area contributed by atoms with Gasteiger partial charge in [-0.15, -0.1) is 0 Å². The number of fused-ring (bicyclic) bond motifs is 12. The van der Waals surface area contributed by atoms with E-state index in [1.54, 1.807) is 0 Å². The minimum absolute atomic E-state index is 0.844. The molecule has 0 amide bonds. The normalized spacial score (nSPS) is 11.9. The third-order valence-electron chi connectivity index (χ3n) is 13.6. The first-order chi connectivity index (χ1) is 32.7. The van der Waals surface area contributed by atoms with Gasteiger partial charge < -0.3 is 18.3 Å². The minimum atomic E-state index is 0.844. The first-order valence-electron chi connectivity index (χ1n) is 22.5. The average molecular weight is 843 g/mol. The van der Waals surface area contributed by atoms with Crippen LogP contribution in [0.15, 0.2) is 239 Å². The van der Waals surface area contributed by atoms with Crippen molar-refractivity contribution < 1.29 is 8.83 Å². The Hall–Kier alpha value is -8.86. The zero-order valence-electron chi connectivity index (χ0n) is 35.7. The highest BCUT2D eigenvalue weighted by atomic mass is 16.3. The number of furan rings is 2. The Bertz CT molecular complexity index is 4190. The van der Waals surface area contributed by atoms with Gasteiger partial charge in [-0.2, -0.15) is 0 Å². The van der Waals surface area contributed by atoms with Gasteiger partial charge in [0.25, 0.3) is 0 Å². The SMILES string of the molecule is c1cc(-c2ccc(N(c3ccc(-c4cccc5c4oc4ccccc45)cc3)c3cc4ccccc4c4ccccc34)c3c2oc2ccccc23)cc(-n2c3ccccc3c3ccccc32)c1. The van der Waals surface area contributed by atoms with E-state index in [-0.39, 0.29) is 0 Å². The monoisotopic (exact) mass is 842 g/mol. The van der Waals surface area contributed by atoms with Gasteiger partial charge in [-0.3, -0.25) is 0 Å². The molecule has 66 heavy (non-hydrogen) atoms. The van der Waals surface area contributed by atoms with Crippen molar-refractivity contribution in [2.75, 3.05) is 4.90 Å². The van der Waals surface area contributed by atoms with Crippen LogP contribution < -0.4 is 4.90 Å². The second kappa shape index (κ2) is 14.3. The molecule has 11 aromatic carbocycles. The van der Waals surface area contributed by atoms with Crippen LogP contribution in [0.25, 0.3) is 115 Å². The van der Waals surface area contributed by atoms with Crippen LogP contribution in [0.5, 0.6) is 0 Å². The molecule has 14 rings (SSSR count). The Morgan fingerprint density at radius 2 is 0.909 bits per heavy atom. The summed E-state index contributed by atoms with van der Waals surface area (Å²) >= 11 is 0. The van der Waals surface area contributed by atoms with Crippen LogP contribution in [0.3, 0.4) is 0 Å². The van der Waals surface area contributed by atoms with Gasteiger partial charge in [-0.25, -0.2) is 0 Å². The molecule has 308 valence electrons. The van der Waals surface area contributed by atoms with E-state index in [1.807, 2.05) is 12.1 Å². The van der Waals surface area contributed by atoms with Crippen LogP contribution in [0.4, 0.5) is 17.1 Å². The fourth-order valence-corrected chi connectivity index (χ4v) is 10.6. The lowest BCUT2D eigenvalue weighted by Gasteiger charge is -2.29. The van der Waals surface area contributed by atoms with E-state index < -0.39 is 0 Å². The van der Waals surface area contributed by atoms with Gasteiger partial charge in [0.05, 0.1) is 27.8 Å². The maximum absolute atomic E-state index is 7.03. The van der Waals surface area contributed by atoms with Crippen LogP contribution in [0.1, 0.15) is 0 Å². The lowest BCUT2D eigenvalue weighted by molar-refractivity contribution is 0.669. The Morgan fingerprint density at radius 3 is 1.68 bits per heavy atom. The van der Waals surface area contributed by atoms with E-state index >= 15 is 0 Å². The second-order valence-electron chi connectivity index (χ2n) is 17.2. The van der Waals surface area contributed by atoms with Crippen molar-refractivity contribution in [1.82, 2.24) is 4.57 Å². The van der Waals surface area contributed by atoms with Crippen LogP contribution >= 0.6 is 0 Å². The summed E-state index contributed by atoms with van der Waals surface area (Å²) in [5.41, 5.74) is 14.3. The van der Waals surface area contributed by atoms with E-state index in [4.69, 9.17) is 8.83 Å². The molecule has 0 aliphatic carbocycles. The molecule has 4 heteroatoms. The molecule has 4 nitrogen and oxygen atoms in total. The van der Waals surface area contributed by atoms with Gasteiger partial charge in [0.2, 0.25) is 0 Å². The molecular formula is C62H38N2O2. The number of benzene rings is 11. The maximum atomic E-state index is 7.03. The maximum Gasteiger partial charge on any atom is 0.145 e. The van der Waals surface area contributed by atoms with Crippen molar-refractivity contribution in [3.63, 3.8) is 0 Å². The van der Waals surface area contributed by atoms with Gasteiger partial charge >= 0.3 is 0 Å². The minimum Gasteiger partial charge on any atom is -0.455 e. The molecule has 0 spiro atoms. The van der Waals surface area contributed by atoms with Crippen molar-refractivity contribution >= 4 is 104 Å². The molecule has 0 saturated carbocycles. The summed E-state index contributed by atoms with van der Waals surface area (Å²) in [6, 6.07) is 82.7. The number of nitrogens with zero attached hydrogens (tertiary/aromatic N) is 2. The zero-order valence-corrected chi connectivity index (χ0v) is 35.7. The Labute approximate surface area is 379 Å². The Morgan fingerprint density at radius 1 is 0.333 bits per heavy atom. The van der Waals surface area contributed by atoms with Gasteiger partial charge in [-0.05, 0) is 94.0 Å².